The highest BCUT2D eigenvalue weighted by atomic mass is 32.1. The normalized spacial score (nSPS) is 9.08. The molecule has 1 rings (SSSR count). The predicted octanol–water partition coefficient (Wildman–Crippen LogP) is 0.465. The lowest BCUT2D eigenvalue weighted by atomic mass is 10.3. The van der Waals surface area contributed by atoms with Gasteiger partial charge < -0.3 is 9.68 Å². The van der Waals surface area contributed by atoms with Crippen LogP contribution in [0.4, 0.5) is 0 Å². The summed E-state index contributed by atoms with van der Waals surface area (Å²) < 4.78 is 4.60. The number of thiophene rings is 1. The van der Waals surface area contributed by atoms with Crippen molar-refractivity contribution in [3.8, 4) is 11.1 Å². The molecule has 0 bridgehead atoms. The molecule has 5 nitrogen and oxygen atoms in total. The Morgan fingerprint density at radius 1 is 1.58 bits per heavy atom. The maximum atomic E-state index is 8.62. The first kappa shape index (κ1) is 9.03. The molecule has 0 unspecified atom stereocenters. The van der Waals surface area contributed by atoms with Gasteiger partial charge in [-0.25, -0.2) is 4.81 Å². The summed E-state index contributed by atoms with van der Waals surface area (Å²) in [5, 5.41) is 25.3. The maximum absolute atomic E-state index is 8.62. The molecule has 7 heteroatoms. The van der Waals surface area contributed by atoms with Crippen molar-refractivity contribution in [2.24, 2.45) is 0 Å². The zero-order chi connectivity index (χ0) is 8.97. The second-order valence-electron chi connectivity index (χ2n) is 1.76. The fourth-order valence-electron chi connectivity index (χ4n) is 0.564. The monoisotopic (exact) mass is 185 g/mol. The molecule has 0 saturated heterocycles. The molecule has 62 valence electrons. The minimum absolute atomic E-state index is 0.299. The first-order chi connectivity index (χ1) is 5.76. The molecule has 0 amide bonds. The quantitative estimate of drug-likeness (QED) is 0.406. The van der Waals surface area contributed by atoms with Crippen molar-refractivity contribution < 1.29 is 19.7 Å². The SMILES string of the molecule is N#Cc1ccc(OB(O)OO)s1. The smallest absolute Gasteiger partial charge is 0.503 e. The van der Waals surface area contributed by atoms with Crippen LogP contribution in [0.25, 0.3) is 0 Å². The van der Waals surface area contributed by atoms with Crippen molar-refractivity contribution in [3.05, 3.63) is 17.0 Å². The van der Waals surface area contributed by atoms with Gasteiger partial charge in [0.2, 0.25) is 0 Å². The highest BCUT2D eigenvalue weighted by Gasteiger charge is 2.18. The summed E-state index contributed by atoms with van der Waals surface area (Å²) in [6, 6.07) is 4.92. The zero-order valence-electron chi connectivity index (χ0n) is 5.80. The Balaban J connectivity index is 2.59. The van der Waals surface area contributed by atoms with Crippen molar-refractivity contribution in [1.29, 1.82) is 5.26 Å². The van der Waals surface area contributed by atoms with Crippen LogP contribution in [0.3, 0.4) is 0 Å². The zero-order valence-corrected chi connectivity index (χ0v) is 6.61. The van der Waals surface area contributed by atoms with Gasteiger partial charge in [0.1, 0.15) is 10.9 Å². The van der Waals surface area contributed by atoms with E-state index in [1.807, 2.05) is 6.07 Å². The minimum Gasteiger partial charge on any atom is -0.503 e. The third-order valence-electron chi connectivity index (χ3n) is 0.999. The Hall–Kier alpha value is -1.07. The lowest BCUT2D eigenvalue weighted by Crippen LogP contribution is -2.23. The van der Waals surface area contributed by atoms with E-state index in [4.69, 9.17) is 15.5 Å². The molecule has 1 aromatic rings. The summed E-state index contributed by atoms with van der Waals surface area (Å²) in [5.41, 5.74) is 0. The molecule has 0 aliphatic carbocycles. The van der Waals surface area contributed by atoms with Crippen LogP contribution >= 0.6 is 11.3 Å². The van der Waals surface area contributed by atoms with E-state index in [0.29, 0.717) is 9.94 Å². The fourth-order valence-corrected chi connectivity index (χ4v) is 1.23. The van der Waals surface area contributed by atoms with E-state index in [1.165, 1.54) is 12.1 Å². The first-order valence-corrected chi connectivity index (χ1v) is 3.73. The minimum atomic E-state index is -1.71. The Kier molecular flexibility index (Phi) is 3.07. The predicted molar refractivity (Wildman–Crippen MR) is 41.3 cm³/mol. The summed E-state index contributed by atoms with van der Waals surface area (Å²) in [7, 11) is -1.71. The first-order valence-electron chi connectivity index (χ1n) is 2.91. The van der Waals surface area contributed by atoms with E-state index in [0.717, 1.165) is 11.3 Å². The van der Waals surface area contributed by atoms with E-state index in [9.17, 15) is 0 Å². The third-order valence-corrected chi connectivity index (χ3v) is 1.88. The molecular formula is C5H4BNO4S. The van der Waals surface area contributed by atoms with Gasteiger partial charge in [-0.15, -0.1) is 0 Å². The van der Waals surface area contributed by atoms with Crippen molar-refractivity contribution in [1.82, 2.24) is 0 Å². The van der Waals surface area contributed by atoms with Crippen LogP contribution in [-0.4, -0.2) is 17.6 Å². The number of rotatable bonds is 3. The van der Waals surface area contributed by atoms with E-state index >= 15 is 0 Å². The summed E-state index contributed by atoms with van der Waals surface area (Å²) >= 11 is 1.04. The highest BCUT2D eigenvalue weighted by Crippen LogP contribution is 2.23. The molecule has 1 aromatic heterocycles. The second-order valence-corrected chi connectivity index (χ2v) is 2.81. The van der Waals surface area contributed by atoms with Crippen LogP contribution in [0, 0.1) is 11.3 Å². The average Bonchev–Trinajstić information content (AvgIpc) is 2.52. The standard InChI is InChI=1S/C5H4BNO4S/c7-3-4-1-2-5(12-4)10-6(8)11-9/h1-2,8-9H. The van der Waals surface area contributed by atoms with Crippen LogP contribution in [0.5, 0.6) is 5.06 Å². The van der Waals surface area contributed by atoms with Gasteiger partial charge in [0.25, 0.3) is 0 Å². The number of nitrogens with zero attached hydrogens (tertiary/aromatic N) is 1. The average molecular weight is 185 g/mol. The molecule has 1 heterocycles. The van der Waals surface area contributed by atoms with E-state index < -0.39 is 7.32 Å². The van der Waals surface area contributed by atoms with Crippen molar-refractivity contribution >= 4 is 18.7 Å². The highest BCUT2D eigenvalue weighted by molar-refractivity contribution is 7.14. The Morgan fingerprint density at radius 2 is 2.33 bits per heavy atom. The maximum Gasteiger partial charge on any atom is 0.739 e. The number of nitriles is 1. The van der Waals surface area contributed by atoms with E-state index in [2.05, 4.69) is 9.46 Å². The topological polar surface area (TPSA) is 82.7 Å². The molecule has 2 N–H and O–H groups in total. The molecule has 0 aliphatic heterocycles. The molecule has 0 aliphatic rings. The molecule has 0 fully saturated rings. The van der Waals surface area contributed by atoms with E-state index in [1.54, 1.807) is 0 Å². The molecular weight excluding hydrogens is 181 g/mol. The third kappa shape index (κ3) is 2.22. The van der Waals surface area contributed by atoms with Crippen LogP contribution in [0.2, 0.25) is 0 Å². The summed E-state index contributed by atoms with van der Waals surface area (Å²) in [6.07, 6.45) is 0. The molecule has 0 aromatic carbocycles. The fraction of sp³-hybridized carbons (Fsp3) is 0. The Bertz CT molecular complexity index is 296. The largest absolute Gasteiger partial charge is 0.739 e. The van der Waals surface area contributed by atoms with Gasteiger partial charge in [0, 0.05) is 0 Å². The summed E-state index contributed by atoms with van der Waals surface area (Å²) in [4.78, 5) is 3.91. The van der Waals surface area contributed by atoms with Crippen LogP contribution in [0.1, 0.15) is 4.88 Å². The van der Waals surface area contributed by atoms with Gasteiger partial charge >= 0.3 is 7.32 Å². The van der Waals surface area contributed by atoms with Crippen molar-refractivity contribution in [2.75, 3.05) is 0 Å². The molecule has 0 saturated carbocycles. The van der Waals surface area contributed by atoms with Crippen LogP contribution < -0.4 is 4.65 Å². The van der Waals surface area contributed by atoms with Gasteiger partial charge in [-0.3, -0.25) is 5.26 Å². The summed E-state index contributed by atoms with van der Waals surface area (Å²) in [5.74, 6) is 0. The van der Waals surface area contributed by atoms with Crippen molar-refractivity contribution in [3.63, 3.8) is 0 Å². The van der Waals surface area contributed by atoms with Gasteiger partial charge in [-0.1, -0.05) is 11.3 Å². The Labute approximate surface area is 72.5 Å². The molecule has 12 heavy (non-hydrogen) atoms. The lowest BCUT2D eigenvalue weighted by Gasteiger charge is -2.00. The van der Waals surface area contributed by atoms with Crippen LogP contribution in [0.15, 0.2) is 12.1 Å². The summed E-state index contributed by atoms with van der Waals surface area (Å²) in [6.45, 7) is 0. The molecule has 0 radical (unpaired) electrons. The van der Waals surface area contributed by atoms with Crippen molar-refractivity contribution in [2.45, 2.75) is 0 Å². The molecule has 0 spiro atoms. The molecule has 0 atom stereocenters. The second kappa shape index (κ2) is 4.08. The van der Waals surface area contributed by atoms with Crippen LogP contribution in [-0.2, 0) is 4.81 Å². The number of hydrogen-bond donors (Lipinski definition) is 2. The van der Waals surface area contributed by atoms with Gasteiger partial charge in [-0.05, 0) is 12.1 Å². The van der Waals surface area contributed by atoms with Gasteiger partial charge in [0.05, 0.1) is 0 Å². The Morgan fingerprint density at radius 3 is 2.83 bits per heavy atom. The lowest BCUT2D eigenvalue weighted by molar-refractivity contribution is -0.170. The number of hydrogen-bond acceptors (Lipinski definition) is 6. The van der Waals surface area contributed by atoms with E-state index in [-0.39, 0.29) is 0 Å². The van der Waals surface area contributed by atoms with Gasteiger partial charge in [0.15, 0.2) is 5.06 Å². The van der Waals surface area contributed by atoms with Gasteiger partial charge in [-0.2, -0.15) is 5.26 Å².